The van der Waals surface area contributed by atoms with Crippen molar-refractivity contribution in [1.82, 2.24) is 4.90 Å². The number of ether oxygens (including phenoxy) is 2. The number of carboxylic acid groups (broad SMARTS) is 1. The summed E-state index contributed by atoms with van der Waals surface area (Å²) in [6, 6.07) is 3.73. The van der Waals surface area contributed by atoms with Crippen LogP contribution in [-0.2, 0) is 14.4 Å². The van der Waals surface area contributed by atoms with E-state index in [0.717, 1.165) is 5.56 Å². The van der Waals surface area contributed by atoms with Gasteiger partial charge in [-0.05, 0) is 64.2 Å². The highest BCUT2D eigenvalue weighted by molar-refractivity contribution is 9.10. The number of allylic oxidation sites excluding steroid dienone is 4. The Balaban J connectivity index is 2.01. The molecule has 7 nitrogen and oxygen atoms in total. The molecule has 0 aromatic heterocycles. The molecule has 2 aliphatic carbocycles. The molecule has 0 bridgehead atoms. The fourth-order valence-electron chi connectivity index (χ4n) is 6.01. The van der Waals surface area contributed by atoms with Crippen molar-refractivity contribution in [3.63, 3.8) is 0 Å². The van der Waals surface area contributed by atoms with Crippen molar-refractivity contribution < 1.29 is 29.0 Å². The lowest BCUT2D eigenvalue weighted by atomic mass is 9.63. The molecule has 1 aliphatic heterocycles. The van der Waals surface area contributed by atoms with E-state index in [0.29, 0.717) is 70.8 Å². The smallest absolute Gasteiger partial charge is 0.323 e. The molecule has 0 amide bonds. The summed E-state index contributed by atoms with van der Waals surface area (Å²) in [6.07, 6.45) is 3.39. The van der Waals surface area contributed by atoms with Crippen LogP contribution < -0.4 is 9.47 Å². The lowest BCUT2D eigenvalue weighted by Crippen LogP contribution is -2.45. The maximum atomic E-state index is 13.8. The highest BCUT2D eigenvalue weighted by atomic mass is 79.9. The van der Waals surface area contributed by atoms with Crippen LogP contribution in [0.4, 0.5) is 0 Å². The minimum Gasteiger partial charge on any atom is -0.490 e. The van der Waals surface area contributed by atoms with Crippen molar-refractivity contribution in [3.05, 3.63) is 57.4 Å². The molecule has 0 saturated heterocycles. The van der Waals surface area contributed by atoms with Crippen LogP contribution in [0, 0.1) is 10.8 Å². The quantitative estimate of drug-likeness (QED) is 0.364. The summed E-state index contributed by atoms with van der Waals surface area (Å²) >= 11 is 3.62. The van der Waals surface area contributed by atoms with Crippen LogP contribution in [0.3, 0.4) is 0 Å². The van der Waals surface area contributed by atoms with Crippen molar-refractivity contribution in [2.45, 2.75) is 66.2 Å². The van der Waals surface area contributed by atoms with Gasteiger partial charge in [0, 0.05) is 41.3 Å². The molecule has 8 heteroatoms. The Kier molecular flexibility index (Phi) is 7.67. The summed E-state index contributed by atoms with van der Waals surface area (Å²) in [5.41, 5.74) is 2.54. The molecule has 0 radical (unpaired) electrons. The van der Waals surface area contributed by atoms with Gasteiger partial charge in [0.25, 0.3) is 0 Å². The number of carboxylic acids is 1. The van der Waals surface area contributed by atoms with Crippen LogP contribution in [0.5, 0.6) is 11.5 Å². The van der Waals surface area contributed by atoms with Crippen molar-refractivity contribution in [1.29, 1.82) is 0 Å². The Hall–Kier alpha value is -2.87. The molecule has 1 heterocycles. The number of carbonyl (C=O) groups is 3. The maximum absolute atomic E-state index is 13.8. The van der Waals surface area contributed by atoms with Gasteiger partial charge in [0.15, 0.2) is 23.1 Å². The van der Waals surface area contributed by atoms with Crippen LogP contribution in [0.2, 0.25) is 0 Å². The number of carbonyl (C=O) groups excluding carboxylic acids is 2. The van der Waals surface area contributed by atoms with Gasteiger partial charge in [0.05, 0.1) is 11.1 Å². The maximum Gasteiger partial charge on any atom is 0.323 e. The van der Waals surface area contributed by atoms with Crippen LogP contribution in [0.1, 0.15) is 71.8 Å². The third kappa shape index (κ3) is 5.33. The predicted octanol–water partition coefficient (Wildman–Crippen LogP) is 6.18. The number of ketones is 2. The number of Topliss-reactive ketones (excluding diaryl/α,β-unsaturated/α-hetero) is 2. The van der Waals surface area contributed by atoms with Gasteiger partial charge < -0.3 is 19.5 Å². The van der Waals surface area contributed by atoms with E-state index in [1.165, 1.54) is 0 Å². The predicted molar refractivity (Wildman–Crippen MR) is 148 cm³/mol. The van der Waals surface area contributed by atoms with E-state index in [1.807, 2.05) is 46.8 Å². The van der Waals surface area contributed by atoms with Crippen molar-refractivity contribution >= 4 is 33.5 Å². The standard InChI is InChI=1S/C30H36BrNO6/c1-7-9-38-28-18(31)10-17(11-23(28)37-8-2)25-26-19(12-29(3,4)14-21(26)33)32(16-24(35)36)20-13-30(5,6)15-22(34)27(20)25/h7,10-11,25H,1,8-9,12-16H2,2-6H3,(H,35,36). The molecule has 0 spiro atoms. The number of halogens is 1. The van der Waals surface area contributed by atoms with Crippen LogP contribution in [0.15, 0.2) is 51.8 Å². The second kappa shape index (κ2) is 10.4. The van der Waals surface area contributed by atoms with E-state index < -0.39 is 11.9 Å². The first-order valence-electron chi connectivity index (χ1n) is 13.0. The largest absolute Gasteiger partial charge is 0.490 e. The number of benzene rings is 1. The minimum atomic E-state index is -1.00. The Labute approximate surface area is 232 Å². The average Bonchev–Trinajstić information content (AvgIpc) is 2.77. The molecule has 1 aromatic carbocycles. The van der Waals surface area contributed by atoms with Crippen LogP contribution in [-0.4, -0.2) is 47.3 Å². The van der Waals surface area contributed by atoms with E-state index in [4.69, 9.17) is 9.47 Å². The van der Waals surface area contributed by atoms with Crippen LogP contribution in [0.25, 0.3) is 0 Å². The molecule has 0 atom stereocenters. The highest BCUT2D eigenvalue weighted by Gasteiger charge is 2.49. The Morgan fingerprint density at radius 1 is 1.05 bits per heavy atom. The monoisotopic (exact) mass is 585 g/mol. The first-order chi connectivity index (χ1) is 17.8. The molecule has 204 valence electrons. The number of nitrogens with zero attached hydrogens (tertiary/aromatic N) is 1. The SMILES string of the molecule is C=CCOc1c(Br)cc(C2C3=C(CC(C)(C)CC3=O)N(CC(=O)O)C3=C2C(=O)CC(C)(C)C3)cc1OCC. The third-order valence-electron chi connectivity index (χ3n) is 7.33. The normalized spacial score (nSPS) is 20.7. The summed E-state index contributed by atoms with van der Waals surface area (Å²) in [5.74, 6) is -0.693. The van der Waals surface area contributed by atoms with Gasteiger partial charge >= 0.3 is 5.97 Å². The zero-order valence-corrected chi connectivity index (χ0v) is 24.4. The number of aliphatic carboxylic acids is 1. The fraction of sp³-hybridized carbons (Fsp3) is 0.500. The Morgan fingerprint density at radius 3 is 2.08 bits per heavy atom. The van der Waals surface area contributed by atoms with E-state index in [2.05, 4.69) is 22.5 Å². The zero-order chi connectivity index (χ0) is 28.0. The van der Waals surface area contributed by atoms with Crippen molar-refractivity contribution in [3.8, 4) is 11.5 Å². The highest BCUT2D eigenvalue weighted by Crippen LogP contribution is 2.55. The van der Waals surface area contributed by atoms with Gasteiger partial charge in [-0.25, -0.2) is 0 Å². The zero-order valence-electron chi connectivity index (χ0n) is 22.8. The Bertz CT molecular complexity index is 1220. The van der Waals surface area contributed by atoms with Gasteiger partial charge in [0.1, 0.15) is 13.2 Å². The molecular weight excluding hydrogens is 550 g/mol. The number of hydrogen-bond donors (Lipinski definition) is 1. The van der Waals surface area contributed by atoms with Gasteiger partial charge in [-0.1, -0.05) is 40.3 Å². The van der Waals surface area contributed by atoms with E-state index in [1.54, 1.807) is 11.0 Å². The molecule has 0 saturated carbocycles. The van der Waals surface area contributed by atoms with E-state index >= 15 is 0 Å². The minimum absolute atomic E-state index is 0.0538. The van der Waals surface area contributed by atoms with Gasteiger partial charge in [0.2, 0.25) is 0 Å². The second-order valence-electron chi connectivity index (χ2n) is 11.9. The first-order valence-corrected chi connectivity index (χ1v) is 13.8. The van der Waals surface area contributed by atoms with Gasteiger partial charge in [-0.2, -0.15) is 0 Å². The van der Waals surface area contributed by atoms with Crippen LogP contribution >= 0.6 is 15.9 Å². The average molecular weight is 587 g/mol. The summed E-state index contributed by atoms with van der Waals surface area (Å²) in [5, 5.41) is 9.85. The lowest BCUT2D eigenvalue weighted by Gasteiger charge is -2.48. The van der Waals surface area contributed by atoms with Gasteiger partial charge in [-0.15, -0.1) is 0 Å². The van der Waals surface area contributed by atoms with Gasteiger partial charge in [-0.3, -0.25) is 14.4 Å². The molecule has 1 N–H and O–H groups in total. The second-order valence-corrected chi connectivity index (χ2v) is 12.7. The molecule has 3 aliphatic rings. The van der Waals surface area contributed by atoms with Crippen molar-refractivity contribution in [2.75, 3.05) is 19.8 Å². The fourth-order valence-corrected chi connectivity index (χ4v) is 6.58. The van der Waals surface area contributed by atoms with E-state index in [-0.39, 0.29) is 35.5 Å². The summed E-state index contributed by atoms with van der Waals surface area (Å²) in [4.78, 5) is 41.4. The topological polar surface area (TPSA) is 93.1 Å². The Morgan fingerprint density at radius 2 is 1.61 bits per heavy atom. The molecule has 0 unspecified atom stereocenters. The van der Waals surface area contributed by atoms with E-state index in [9.17, 15) is 19.5 Å². The lowest BCUT2D eigenvalue weighted by molar-refractivity contribution is -0.138. The number of hydrogen-bond acceptors (Lipinski definition) is 6. The summed E-state index contributed by atoms with van der Waals surface area (Å²) < 4.78 is 12.4. The summed E-state index contributed by atoms with van der Waals surface area (Å²) in [7, 11) is 0. The molecule has 38 heavy (non-hydrogen) atoms. The summed E-state index contributed by atoms with van der Waals surface area (Å²) in [6.45, 7) is 14.1. The number of rotatable bonds is 8. The van der Waals surface area contributed by atoms with Crippen molar-refractivity contribution in [2.24, 2.45) is 10.8 Å². The molecule has 0 fully saturated rings. The molecular formula is C30H36BrNO6. The molecule has 4 rings (SSSR count). The first kappa shape index (κ1) is 28.1. The third-order valence-corrected chi connectivity index (χ3v) is 7.91. The molecule has 1 aromatic rings.